The molecule has 6 rings (SSSR count). The lowest BCUT2D eigenvalue weighted by Crippen LogP contribution is -2.31. The van der Waals surface area contributed by atoms with Crippen LogP contribution in [0.15, 0.2) is 81.8 Å². The molecule has 0 fully saturated rings. The van der Waals surface area contributed by atoms with Gasteiger partial charge in [-0.2, -0.15) is 0 Å². The zero-order chi connectivity index (χ0) is 23.4. The van der Waals surface area contributed by atoms with Crippen LogP contribution in [0.1, 0.15) is 21.5 Å². The number of hydrogen-bond donors (Lipinski definition) is 2. The number of methoxy groups -OCH3 is 1. The molecule has 2 N–H and O–H groups in total. The summed E-state index contributed by atoms with van der Waals surface area (Å²) < 4.78 is 11.2. The molecular formula is C25H17N3O5S. The van der Waals surface area contributed by atoms with E-state index in [9.17, 15) is 14.7 Å². The average molecular weight is 471 g/mol. The van der Waals surface area contributed by atoms with Crippen molar-refractivity contribution in [1.29, 1.82) is 0 Å². The maximum absolute atomic E-state index is 13.7. The Bertz CT molecular complexity index is 1580. The van der Waals surface area contributed by atoms with Crippen molar-refractivity contribution in [3.8, 4) is 5.75 Å². The number of Topliss-reactive ketones (excluding diaryl/α,β-unsaturated/α-hetero) is 1. The number of para-hydroxylation sites is 3. The number of aromatic amines is 1. The largest absolute Gasteiger partial charge is 0.503 e. The molecule has 1 atom stereocenters. The van der Waals surface area contributed by atoms with E-state index in [1.807, 2.05) is 41.8 Å². The van der Waals surface area contributed by atoms with Crippen LogP contribution < -0.4 is 9.64 Å². The molecule has 0 saturated carbocycles. The second kappa shape index (κ2) is 7.60. The molecule has 1 unspecified atom stereocenters. The SMILES string of the molecule is COc1cccc2cc(C(=O)C3=C(O)C(=O)N(c4nc5ccccc5[nH]4)C3c3cccs3)oc12. The Kier molecular flexibility index (Phi) is 4.53. The summed E-state index contributed by atoms with van der Waals surface area (Å²) in [7, 11) is 1.51. The topological polar surface area (TPSA) is 109 Å². The summed E-state index contributed by atoms with van der Waals surface area (Å²) >= 11 is 1.37. The zero-order valence-corrected chi connectivity index (χ0v) is 18.6. The summed E-state index contributed by atoms with van der Waals surface area (Å²) in [6.07, 6.45) is 0. The van der Waals surface area contributed by atoms with Crippen molar-refractivity contribution in [1.82, 2.24) is 9.97 Å². The van der Waals surface area contributed by atoms with E-state index in [4.69, 9.17) is 9.15 Å². The minimum absolute atomic E-state index is 0.00172. The quantitative estimate of drug-likeness (QED) is 0.343. The highest BCUT2D eigenvalue weighted by atomic mass is 32.1. The highest BCUT2D eigenvalue weighted by molar-refractivity contribution is 7.10. The summed E-state index contributed by atoms with van der Waals surface area (Å²) in [5.41, 5.74) is 1.75. The molecule has 1 aliphatic heterocycles. The maximum Gasteiger partial charge on any atom is 0.296 e. The molecule has 5 aromatic rings. The molecule has 1 aliphatic rings. The second-order valence-corrected chi connectivity index (χ2v) is 8.73. The lowest BCUT2D eigenvalue weighted by atomic mass is 10.0. The number of ketones is 1. The summed E-state index contributed by atoms with van der Waals surface area (Å²) in [4.78, 5) is 36.6. The number of H-pyrrole nitrogens is 1. The number of carbonyl (C=O) groups is 2. The molecule has 1 amide bonds. The van der Waals surface area contributed by atoms with Gasteiger partial charge in [-0.15, -0.1) is 11.3 Å². The van der Waals surface area contributed by atoms with E-state index >= 15 is 0 Å². The monoisotopic (exact) mass is 471 g/mol. The van der Waals surface area contributed by atoms with Crippen molar-refractivity contribution in [2.45, 2.75) is 6.04 Å². The van der Waals surface area contributed by atoms with Gasteiger partial charge in [0.2, 0.25) is 11.7 Å². The number of furan rings is 1. The number of carbonyl (C=O) groups excluding carboxylic acids is 2. The lowest BCUT2D eigenvalue weighted by Gasteiger charge is -2.22. The predicted octanol–water partition coefficient (Wildman–Crippen LogP) is 5.16. The number of imidazole rings is 1. The van der Waals surface area contributed by atoms with E-state index in [0.29, 0.717) is 27.1 Å². The fourth-order valence-corrected chi connectivity index (χ4v) is 5.09. The molecule has 8 nitrogen and oxygen atoms in total. The number of aliphatic hydroxyl groups is 1. The third-order valence-corrected chi connectivity index (χ3v) is 6.75. The van der Waals surface area contributed by atoms with Gasteiger partial charge in [-0.25, -0.2) is 4.98 Å². The van der Waals surface area contributed by atoms with E-state index in [0.717, 1.165) is 5.52 Å². The van der Waals surface area contributed by atoms with Gasteiger partial charge in [0.15, 0.2) is 22.9 Å². The number of hydrogen-bond acceptors (Lipinski definition) is 7. The highest BCUT2D eigenvalue weighted by Gasteiger charge is 2.47. The van der Waals surface area contributed by atoms with Gasteiger partial charge in [-0.05, 0) is 35.7 Å². The molecule has 2 aromatic carbocycles. The van der Waals surface area contributed by atoms with E-state index in [1.165, 1.54) is 23.3 Å². The molecule has 168 valence electrons. The Hall–Kier alpha value is -4.37. The van der Waals surface area contributed by atoms with Gasteiger partial charge in [0.1, 0.15) is 6.04 Å². The van der Waals surface area contributed by atoms with E-state index in [2.05, 4.69) is 9.97 Å². The molecule has 9 heteroatoms. The Morgan fingerprint density at radius 2 is 2.03 bits per heavy atom. The number of fused-ring (bicyclic) bond motifs is 2. The van der Waals surface area contributed by atoms with Crippen LogP contribution in [0.25, 0.3) is 22.0 Å². The van der Waals surface area contributed by atoms with Gasteiger partial charge in [0.05, 0.1) is 23.7 Å². The van der Waals surface area contributed by atoms with Crippen molar-refractivity contribution in [3.63, 3.8) is 0 Å². The Labute approximate surface area is 196 Å². The average Bonchev–Trinajstić information content (AvgIpc) is 3.63. The number of ether oxygens (including phenoxy) is 1. The number of aromatic nitrogens is 2. The van der Waals surface area contributed by atoms with Crippen LogP contribution in [0, 0.1) is 0 Å². The third-order valence-electron chi connectivity index (χ3n) is 5.82. The molecule has 0 aliphatic carbocycles. The summed E-state index contributed by atoms with van der Waals surface area (Å²) in [6, 6.07) is 17.0. The van der Waals surface area contributed by atoms with Crippen LogP contribution in [-0.4, -0.2) is 33.9 Å². The number of aliphatic hydroxyl groups excluding tert-OH is 1. The standard InChI is InChI=1S/C25H17N3O5S/c1-32-16-9-4-6-13-12-17(33-23(13)16)21(29)19-20(18-10-5-11-34-18)28(24(31)22(19)30)25-26-14-7-2-3-8-15(14)27-25/h2-12,20,30H,1H3,(H,26,27). The summed E-state index contributed by atoms with van der Waals surface area (Å²) in [6.45, 7) is 0. The fourth-order valence-electron chi connectivity index (χ4n) is 4.27. The summed E-state index contributed by atoms with van der Waals surface area (Å²) in [5, 5.41) is 13.4. The minimum atomic E-state index is -0.865. The predicted molar refractivity (Wildman–Crippen MR) is 127 cm³/mol. The van der Waals surface area contributed by atoms with Gasteiger partial charge in [0, 0.05) is 10.3 Å². The molecule has 0 spiro atoms. The fraction of sp³-hybridized carbons (Fsp3) is 0.0800. The maximum atomic E-state index is 13.7. The molecule has 3 aromatic heterocycles. The van der Waals surface area contributed by atoms with Crippen LogP contribution in [-0.2, 0) is 4.79 Å². The van der Waals surface area contributed by atoms with Crippen molar-refractivity contribution in [3.05, 3.63) is 88.0 Å². The van der Waals surface area contributed by atoms with Crippen molar-refractivity contribution in [2.24, 2.45) is 0 Å². The Balaban J connectivity index is 1.49. The normalized spacial score (nSPS) is 16.2. The van der Waals surface area contributed by atoms with E-state index in [-0.39, 0.29) is 17.3 Å². The molecule has 0 radical (unpaired) electrons. The number of rotatable bonds is 5. The molecule has 34 heavy (non-hydrogen) atoms. The molecule has 0 saturated heterocycles. The van der Waals surface area contributed by atoms with Crippen molar-refractivity contribution in [2.75, 3.05) is 12.0 Å². The van der Waals surface area contributed by atoms with Crippen LogP contribution in [0.3, 0.4) is 0 Å². The van der Waals surface area contributed by atoms with Gasteiger partial charge < -0.3 is 19.2 Å². The number of nitrogens with zero attached hydrogens (tertiary/aromatic N) is 2. The first-order valence-electron chi connectivity index (χ1n) is 10.4. The van der Waals surface area contributed by atoms with Crippen molar-refractivity contribution >= 4 is 51.0 Å². The lowest BCUT2D eigenvalue weighted by molar-refractivity contribution is -0.117. The van der Waals surface area contributed by atoms with Crippen molar-refractivity contribution < 1.29 is 23.8 Å². The number of nitrogens with one attached hydrogen (secondary N) is 1. The van der Waals surface area contributed by atoms with Gasteiger partial charge in [-0.1, -0.05) is 30.3 Å². The van der Waals surface area contributed by atoms with Crippen LogP contribution in [0.2, 0.25) is 0 Å². The van der Waals surface area contributed by atoms with Gasteiger partial charge in [-0.3, -0.25) is 14.5 Å². The molecule has 4 heterocycles. The molecular weight excluding hydrogens is 454 g/mol. The number of anilines is 1. The zero-order valence-electron chi connectivity index (χ0n) is 17.8. The van der Waals surface area contributed by atoms with Gasteiger partial charge in [0.25, 0.3) is 5.91 Å². The van der Waals surface area contributed by atoms with E-state index in [1.54, 1.807) is 24.3 Å². The highest BCUT2D eigenvalue weighted by Crippen LogP contribution is 2.43. The third kappa shape index (κ3) is 2.94. The first-order valence-corrected chi connectivity index (χ1v) is 11.3. The number of thiophene rings is 1. The van der Waals surface area contributed by atoms with Crippen LogP contribution in [0.5, 0.6) is 5.75 Å². The molecule has 0 bridgehead atoms. The van der Waals surface area contributed by atoms with E-state index < -0.39 is 23.5 Å². The minimum Gasteiger partial charge on any atom is -0.503 e. The number of benzene rings is 2. The smallest absolute Gasteiger partial charge is 0.296 e. The first kappa shape index (κ1) is 20.3. The van der Waals surface area contributed by atoms with Crippen LogP contribution in [0.4, 0.5) is 5.95 Å². The first-order chi connectivity index (χ1) is 16.6. The number of amides is 1. The Morgan fingerprint density at radius 1 is 1.18 bits per heavy atom. The van der Waals surface area contributed by atoms with Crippen LogP contribution >= 0.6 is 11.3 Å². The van der Waals surface area contributed by atoms with Gasteiger partial charge >= 0.3 is 0 Å². The Morgan fingerprint density at radius 3 is 2.79 bits per heavy atom. The second-order valence-electron chi connectivity index (χ2n) is 7.75. The summed E-state index contributed by atoms with van der Waals surface area (Å²) in [5.74, 6) is -1.20.